The summed E-state index contributed by atoms with van der Waals surface area (Å²) in [6.45, 7) is 6.93. The molecule has 5 nitrogen and oxygen atoms in total. The lowest BCUT2D eigenvalue weighted by atomic mass is 10.2. The highest BCUT2D eigenvalue weighted by molar-refractivity contribution is 5.39. The number of rotatable bonds is 6. The van der Waals surface area contributed by atoms with Gasteiger partial charge >= 0.3 is 0 Å². The Kier molecular flexibility index (Phi) is 4.74. The number of benzene rings is 1. The number of aromatic nitrogens is 3. The number of nitrogens with two attached hydrogens (primary N) is 1. The quantitative estimate of drug-likeness (QED) is 0.819. The molecule has 2 N–H and O–H groups in total. The smallest absolute Gasteiger partial charge is 0.141 e. The lowest BCUT2D eigenvalue weighted by Gasteiger charge is -2.17. The molecule has 1 aromatic heterocycles. The molecule has 1 aromatic carbocycles. The normalized spacial score (nSPS) is 11.4. The number of hydrogen-bond donors (Lipinski definition) is 1. The summed E-state index contributed by atoms with van der Waals surface area (Å²) in [4.78, 5) is 6.58. The molecule has 108 valence electrons. The Morgan fingerprint density at radius 2 is 1.90 bits per heavy atom. The molecular weight excluding hydrogens is 250 g/mol. The third-order valence-corrected chi connectivity index (χ3v) is 3.08. The number of nitrogen functional groups attached to an aromatic ring is 1. The maximum Gasteiger partial charge on any atom is 0.141 e. The highest BCUT2D eigenvalue weighted by Crippen LogP contribution is 2.10. The largest absolute Gasteiger partial charge is 0.399 e. The summed E-state index contributed by atoms with van der Waals surface area (Å²) in [6.07, 6.45) is 1.63. The van der Waals surface area contributed by atoms with Crippen molar-refractivity contribution in [3.8, 4) is 0 Å². The van der Waals surface area contributed by atoms with Gasteiger partial charge in [0.1, 0.15) is 12.2 Å². The average Bonchev–Trinajstić information content (AvgIpc) is 2.78. The lowest BCUT2D eigenvalue weighted by molar-refractivity contribution is 0.298. The van der Waals surface area contributed by atoms with Gasteiger partial charge in [-0.1, -0.05) is 26.0 Å². The van der Waals surface area contributed by atoms with Gasteiger partial charge in [-0.05, 0) is 30.7 Å². The zero-order valence-electron chi connectivity index (χ0n) is 12.5. The molecule has 0 aliphatic carbocycles. The van der Waals surface area contributed by atoms with Gasteiger partial charge in [-0.15, -0.1) is 0 Å². The first-order valence-electron chi connectivity index (χ1n) is 6.94. The van der Waals surface area contributed by atoms with Crippen LogP contribution in [0.1, 0.15) is 25.2 Å². The zero-order chi connectivity index (χ0) is 14.5. The molecule has 0 aliphatic rings. The van der Waals surface area contributed by atoms with Gasteiger partial charge in [0.05, 0.1) is 6.54 Å². The molecule has 2 rings (SSSR count). The molecule has 20 heavy (non-hydrogen) atoms. The predicted molar refractivity (Wildman–Crippen MR) is 80.9 cm³/mol. The van der Waals surface area contributed by atoms with Crippen LogP contribution in [0, 0.1) is 5.92 Å². The molecule has 0 saturated heterocycles. The van der Waals surface area contributed by atoms with Crippen molar-refractivity contribution in [1.29, 1.82) is 0 Å². The zero-order valence-corrected chi connectivity index (χ0v) is 12.5. The van der Waals surface area contributed by atoms with Crippen molar-refractivity contribution in [2.75, 3.05) is 12.8 Å². The Morgan fingerprint density at radius 3 is 2.55 bits per heavy atom. The first-order valence-corrected chi connectivity index (χ1v) is 6.94. The minimum Gasteiger partial charge on any atom is -0.399 e. The van der Waals surface area contributed by atoms with E-state index in [0.717, 1.165) is 31.1 Å². The number of nitrogens with zero attached hydrogens (tertiary/aromatic N) is 4. The van der Waals surface area contributed by atoms with Crippen LogP contribution in [0.2, 0.25) is 0 Å². The van der Waals surface area contributed by atoms with Gasteiger partial charge in [0.25, 0.3) is 0 Å². The first kappa shape index (κ1) is 14.5. The van der Waals surface area contributed by atoms with Crippen LogP contribution in [-0.2, 0) is 19.6 Å². The van der Waals surface area contributed by atoms with Gasteiger partial charge in [0.15, 0.2) is 0 Å². The SMILES string of the molecule is CC(C)Cn1ncnc1CN(C)Cc1ccc(N)cc1. The van der Waals surface area contributed by atoms with Crippen LogP contribution in [0.15, 0.2) is 30.6 Å². The van der Waals surface area contributed by atoms with Crippen molar-refractivity contribution in [2.45, 2.75) is 33.5 Å². The summed E-state index contributed by atoms with van der Waals surface area (Å²) in [5.41, 5.74) is 7.74. The van der Waals surface area contributed by atoms with Crippen LogP contribution in [0.5, 0.6) is 0 Å². The second-order valence-corrected chi connectivity index (χ2v) is 5.67. The van der Waals surface area contributed by atoms with Gasteiger partial charge in [0.2, 0.25) is 0 Å². The molecule has 2 aromatic rings. The van der Waals surface area contributed by atoms with E-state index in [1.54, 1.807) is 6.33 Å². The van der Waals surface area contributed by atoms with E-state index in [-0.39, 0.29) is 0 Å². The molecule has 0 bridgehead atoms. The van der Waals surface area contributed by atoms with Gasteiger partial charge in [-0.3, -0.25) is 4.90 Å². The Morgan fingerprint density at radius 1 is 1.20 bits per heavy atom. The third-order valence-electron chi connectivity index (χ3n) is 3.08. The van der Waals surface area contributed by atoms with E-state index in [4.69, 9.17) is 5.73 Å². The van der Waals surface area contributed by atoms with Gasteiger partial charge in [-0.25, -0.2) is 9.67 Å². The van der Waals surface area contributed by atoms with Crippen molar-refractivity contribution in [3.63, 3.8) is 0 Å². The summed E-state index contributed by atoms with van der Waals surface area (Å²) in [6, 6.07) is 7.99. The first-order chi connectivity index (χ1) is 9.54. The molecule has 0 saturated carbocycles. The van der Waals surface area contributed by atoms with E-state index in [0.29, 0.717) is 5.92 Å². The van der Waals surface area contributed by atoms with Crippen molar-refractivity contribution in [3.05, 3.63) is 42.0 Å². The summed E-state index contributed by atoms with van der Waals surface area (Å²) in [5.74, 6) is 1.58. The lowest BCUT2D eigenvalue weighted by Crippen LogP contribution is -2.21. The fourth-order valence-electron chi connectivity index (χ4n) is 2.14. The van der Waals surface area contributed by atoms with Crippen LogP contribution >= 0.6 is 0 Å². The second kappa shape index (κ2) is 6.52. The van der Waals surface area contributed by atoms with E-state index in [2.05, 4.69) is 48.0 Å². The van der Waals surface area contributed by atoms with Crippen molar-refractivity contribution in [1.82, 2.24) is 19.7 Å². The van der Waals surface area contributed by atoms with E-state index in [1.807, 2.05) is 16.8 Å². The molecule has 1 heterocycles. The third kappa shape index (κ3) is 4.06. The number of anilines is 1. The topological polar surface area (TPSA) is 60.0 Å². The second-order valence-electron chi connectivity index (χ2n) is 5.67. The Balaban J connectivity index is 1.96. The van der Waals surface area contributed by atoms with Gasteiger partial charge in [-0.2, -0.15) is 5.10 Å². The summed E-state index contributed by atoms with van der Waals surface area (Å²) in [5, 5.41) is 4.29. The van der Waals surface area contributed by atoms with Crippen LogP contribution in [0.25, 0.3) is 0 Å². The molecule has 0 radical (unpaired) electrons. The van der Waals surface area contributed by atoms with Gasteiger partial charge < -0.3 is 5.73 Å². The fraction of sp³-hybridized carbons (Fsp3) is 0.467. The van der Waals surface area contributed by atoms with E-state index in [9.17, 15) is 0 Å². The molecule has 0 atom stereocenters. The van der Waals surface area contributed by atoms with Gasteiger partial charge in [0, 0.05) is 18.8 Å². The molecule has 0 fully saturated rings. The van der Waals surface area contributed by atoms with Crippen LogP contribution in [0.4, 0.5) is 5.69 Å². The predicted octanol–water partition coefficient (Wildman–Crippen LogP) is 2.15. The van der Waals surface area contributed by atoms with Crippen molar-refractivity contribution < 1.29 is 0 Å². The Labute approximate surface area is 120 Å². The summed E-state index contributed by atoms with van der Waals surface area (Å²) < 4.78 is 1.99. The molecule has 0 spiro atoms. The van der Waals surface area contributed by atoms with E-state index in [1.165, 1.54) is 5.56 Å². The maximum atomic E-state index is 5.70. The standard InChI is InChI=1S/C15H23N5/c1-12(2)8-20-15(17-11-18-20)10-19(3)9-13-4-6-14(16)7-5-13/h4-7,11-12H,8-10,16H2,1-3H3. The maximum absolute atomic E-state index is 5.70. The average molecular weight is 273 g/mol. The Hall–Kier alpha value is -1.88. The molecule has 0 aliphatic heterocycles. The minimum absolute atomic E-state index is 0.567. The number of hydrogen-bond acceptors (Lipinski definition) is 4. The fourth-order valence-corrected chi connectivity index (χ4v) is 2.14. The van der Waals surface area contributed by atoms with E-state index >= 15 is 0 Å². The molecule has 5 heteroatoms. The molecule has 0 unspecified atom stereocenters. The van der Waals surface area contributed by atoms with Crippen molar-refractivity contribution in [2.24, 2.45) is 5.92 Å². The highest BCUT2D eigenvalue weighted by Gasteiger charge is 2.09. The molecule has 0 amide bonds. The van der Waals surface area contributed by atoms with Crippen LogP contribution in [0.3, 0.4) is 0 Å². The summed E-state index contributed by atoms with van der Waals surface area (Å²) >= 11 is 0. The van der Waals surface area contributed by atoms with Crippen molar-refractivity contribution >= 4 is 5.69 Å². The summed E-state index contributed by atoms with van der Waals surface area (Å²) in [7, 11) is 2.09. The minimum atomic E-state index is 0.567. The van der Waals surface area contributed by atoms with Crippen LogP contribution < -0.4 is 5.73 Å². The van der Waals surface area contributed by atoms with E-state index < -0.39 is 0 Å². The monoisotopic (exact) mass is 273 g/mol. The Bertz CT molecular complexity index is 529. The highest BCUT2D eigenvalue weighted by atomic mass is 15.3. The molecular formula is C15H23N5. The van der Waals surface area contributed by atoms with Crippen LogP contribution in [-0.4, -0.2) is 26.7 Å².